The van der Waals surface area contributed by atoms with Crippen LogP contribution in [0.2, 0.25) is 0 Å². The quantitative estimate of drug-likeness (QED) is 0.242. The number of hydrogen-bond acceptors (Lipinski definition) is 4. The van der Waals surface area contributed by atoms with Crippen molar-refractivity contribution in [2.75, 3.05) is 20.2 Å². The van der Waals surface area contributed by atoms with E-state index in [1.807, 2.05) is 20.9 Å². The molecule has 0 aromatic heterocycles. The van der Waals surface area contributed by atoms with Gasteiger partial charge in [-0.25, -0.2) is 5.84 Å². The Hall–Kier alpha value is -0.650. The van der Waals surface area contributed by atoms with E-state index in [2.05, 4.69) is 10.3 Å². The lowest BCUT2D eigenvalue weighted by Crippen LogP contribution is -2.44. The fourth-order valence-electron chi connectivity index (χ4n) is 1.31. The second-order valence-electron chi connectivity index (χ2n) is 4.77. The zero-order valence-electron chi connectivity index (χ0n) is 10.6. The maximum atomic E-state index is 10.8. The minimum absolute atomic E-state index is 0.107. The van der Waals surface area contributed by atoms with Crippen molar-refractivity contribution in [2.45, 2.75) is 45.1 Å². The van der Waals surface area contributed by atoms with Gasteiger partial charge in [0.25, 0.3) is 0 Å². The number of unbranched alkanes of at least 4 members (excludes halogenated alkanes) is 2. The van der Waals surface area contributed by atoms with Crippen molar-refractivity contribution in [3.63, 3.8) is 0 Å². The lowest BCUT2D eigenvalue weighted by Gasteiger charge is -2.33. The summed E-state index contributed by atoms with van der Waals surface area (Å²) < 4.78 is 0. The van der Waals surface area contributed by atoms with Crippen molar-refractivity contribution in [1.82, 2.24) is 10.3 Å². The molecule has 1 amide bonds. The predicted octanol–water partition coefficient (Wildman–Crippen LogP) is 0.239. The van der Waals surface area contributed by atoms with Crippen LogP contribution in [0.4, 0.5) is 0 Å². The van der Waals surface area contributed by atoms with Gasteiger partial charge in [-0.3, -0.25) is 15.1 Å². The third kappa shape index (κ3) is 6.05. The summed E-state index contributed by atoms with van der Waals surface area (Å²) in [6.07, 6.45) is 3.37. The number of carbonyl (C=O) groups excluding carboxylic acids is 1. The molecule has 0 aromatic rings. The van der Waals surface area contributed by atoms with Crippen LogP contribution in [0.5, 0.6) is 0 Å². The zero-order chi connectivity index (χ0) is 12.6. The molecule has 0 aliphatic rings. The maximum absolute atomic E-state index is 10.8. The van der Waals surface area contributed by atoms with Crippen molar-refractivity contribution in [1.29, 1.82) is 0 Å². The van der Waals surface area contributed by atoms with Crippen LogP contribution in [-0.4, -0.2) is 41.7 Å². The van der Waals surface area contributed by atoms with Crippen molar-refractivity contribution in [2.24, 2.45) is 5.84 Å². The molecule has 4 N–H and O–H groups in total. The van der Waals surface area contributed by atoms with Gasteiger partial charge in [-0.15, -0.1) is 0 Å². The third-order valence-electron chi connectivity index (χ3n) is 2.98. The third-order valence-corrected chi connectivity index (χ3v) is 2.98. The smallest absolute Gasteiger partial charge is 0.233 e. The van der Waals surface area contributed by atoms with Gasteiger partial charge in [-0.05, 0) is 40.3 Å². The van der Waals surface area contributed by atoms with Crippen molar-refractivity contribution >= 4 is 5.91 Å². The first-order valence-corrected chi connectivity index (χ1v) is 5.75. The molecule has 0 aliphatic heterocycles. The van der Waals surface area contributed by atoms with E-state index in [0.29, 0.717) is 6.42 Å². The monoisotopic (exact) mass is 231 g/mol. The molecule has 0 saturated heterocycles. The molecule has 16 heavy (non-hydrogen) atoms. The van der Waals surface area contributed by atoms with E-state index in [1.165, 1.54) is 0 Å². The first-order chi connectivity index (χ1) is 7.44. The Balaban J connectivity index is 3.56. The summed E-state index contributed by atoms with van der Waals surface area (Å²) in [5.74, 6) is 4.87. The minimum Gasteiger partial charge on any atom is -0.394 e. The summed E-state index contributed by atoms with van der Waals surface area (Å²) >= 11 is 0. The molecule has 0 heterocycles. The first-order valence-electron chi connectivity index (χ1n) is 5.75. The summed E-state index contributed by atoms with van der Waals surface area (Å²) in [6.45, 7) is 5.10. The highest BCUT2D eigenvalue weighted by Crippen LogP contribution is 2.12. The summed E-state index contributed by atoms with van der Waals surface area (Å²) in [6, 6.07) is 0. The number of hydrogen-bond donors (Lipinski definition) is 3. The van der Waals surface area contributed by atoms with Gasteiger partial charge in [-0.2, -0.15) is 0 Å². The zero-order valence-corrected chi connectivity index (χ0v) is 10.6. The topological polar surface area (TPSA) is 78.6 Å². The number of rotatable bonds is 8. The van der Waals surface area contributed by atoms with Crippen LogP contribution in [0.1, 0.15) is 39.5 Å². The SMILES string of the molecule is CN(CCCCCC(=O)NN)C(C)(C)CO. The first kappa shape index (κ1) is 15.3. The van der Waals surface area contributed by atoms with E-state index in [4.69, 9.17) is 10.9 Å². The van der Waals surface area contributed by atoms with Crippen LogP contribution in [0, 0.1) is 0 Å². The van der Waals surface area contributed by atoms with Gasteiger partial charge in [-0.1, -0.05) is 6.42 Å². The summed E-state index contributed by atoms with van der Waals surface area (Å²) in [7, 11) is 2.00. The number of likely N-dealkylation sites (N-methyl/N-ethyl adjacent to an activating group) is 1. The molecule has 0 spiro atoms. The van der Waals surface area contributed by atoms with E-state index in [0.717, 1.165) is 25.8 Å². The van der Waals surface area contributed by atoms with Crippen molar-refractivity contribution in [3.8, 4) is 0 Å². The normalized spacial score (nSPS) is 11.9. The van der Waals surface area contributed by atoms with Gasteiger partial charge < -0.3 is 5.11 Å². The summed E-state index contributed by atoms with van der Waals surface area (Å²) in [5.41, 5.74) is 1.94. The number of aliphatic hydroxyl groups excluding tert-OH is 1. The Morgan fingerprint density at radius 1 is 1.38 bits per heavy atom. The second kappa shape index (κ2) is 7.60. The average Bonchev–Trinajstić information content (AvgIpc) is 2.27. The molecule has 96 valence electrons. The summed E-state index contributed by atoms with van der Waals surface area (Å²) in [5, 5.41) is 9.16. The van der Waals surface area contributed by atoms with E-state index in [-0.39, 0.29) is 18.1 Å². The molecule has 0 fully saturated rings. The average molecular weight is 231 g/mol. The number of hydrazine groups is 1. The number of nitrogens with one attached hydrogen (secondary N) is 1. The molecule has 5 nitrogen and oxygen atoms in total. The largest absolute Gasteiger partial charge is 0.394 e. The van der Waals surface area contributed by atoms with Crippen LogP contribution in [-0.2, 0) is 4.79 Å². The minimum atomic E-state index is -0.172. The summed E-state index contributed by atoms with van der Waals surface area (Å²) in [4.78, 5) is 13.0. The predicted molar refractivity (Wildman–Crippen MR) is 64.6 cm³/mol. The van der Waals surface area contributed by atoms with Crippen LogP contribution in [0.3, 0.4) is 0 Å². The molecule has 0 radical (unpaired) electrons. The van der Waals surface area contributed by atoms with Crippen LogP contribution in [0.15, 0.2) is 0 Å². The van der Waals surface area contributed by atoms with E-state index < -0.39 is 0 Å². The fourth-order valence-corrected chi connectivity index (χ4v) is 1.31. The molecule has 0 rings (SSSR count). The van der Waals surface area contributed by atoms with Gasteiger partial charge in [0.2, 0.25) is 5.91 Å². The second-order valence-corrected chi connectivity index (χ2v) is 4.77. The maximum Gasteiger partial charge on any atom is 0.233 e. The molecular formula is C11H25N3O2. The lowest BCUT2D eigenvalue weighted by molar-refractivity contribution is -0.121. The van der Waals surface area contributed by atoms with Gasteiger partial charge in [0.05, 0.1) is 6.61 Å². The van der Waals surface area contributed by atoms with Gasteiger partial charge in [0, 0.05) is 12.0 Å². The number of aliphatic hydroxyl groups is 1. The molecular weight excluding hydrogens is 206 g/mol. The van der Waals surface area contributed by atoms with Gasteiger partial charge in [0.15, 0.2) is 0 Å². The van der Waals surface area contributed by atoms with Crippen LogP contribution < -0.4 is 11.3 Å². The Bertz CT molecular complexity index is 207. The van der Waals surface area contributed by atoms with Gasteiger partial charge >= 0.3 is 0 Å². The molecule has 0 bridgehead atoms. The van der Waals surface area contributed by atoms with E-state index in [1.54, 1.807) is 0 Å². The molecule has 0 saturated carbocycles. The van der Waals surface area contributed by atoms with Gasteiger partial charge in [0.1, 0.15) is 0 Å². The van der Waals surface area contributed by atoms with Crippen LogP contribution in [0.25, 0.3) is 0 Å². The van der Waals surface area contributed by atoms with Crippen molar-refractivity contribution < 1.29 is 9.90 Å². The number of nitrogens with zero attached hydrogens (tertiary/aromatic N) is 1. The van der Waals surface area contributed by atoms with E-state index >= 15 is 0 Å². The molecule has 5 heteroatoms. The fraction of sp³-hybridized carbons (Fsp3) is 0.909. The number of amides is 1. The Labute approximate surface area is 98.0 Å². The number of nitrogens with two attached hydrogens (primary N) is 1. The lowest BCUT2D eigenvalue weighted by atomic mass is 10.0. The highest BCUT2D eigenvalue weighted by molar-refractivity contribution is 5.74. The molecule has 0 aromatic carbocycles. The Morgan fingerprint density at radius 3 is 2.50 bits per heavy atom. The highest BCUT2D eigenvalue weighted by atomic mass is 16.3. The molecule has 0 aliphatic carbocycles. The van der Waals surface area contributed by atoms with Crippen LogP contribution >= 0.6 is 0 Å². The molecule has 0 unspecified atom stereocenters. The highest BCUT2D eigenvalue weighted by Gasteiger charge is 2.21. The molecule has 0 atom stereocenters. The Kier molecular flexibility index (Phi) is 7.29. The van der Waals surface area contributed by atoms with Crippen molar-refractivity contribution in [3.05, 3.63) is 0 Å². The number of carbonyl (C=O) groups is 1. The Morgan fingerprint density at radius 2 is 2.00 bits per heavy atom. The standard InChI is InChI=1S/C11H25N3O2/c1-11(2,9-15)14(3)8-6-4-5-7-10(16)13-12/h15H,4-9,12H2,1-3H3,(H,13,16). The van der Waals surface area contributed by atoms with E-state index in [9.17, 15) is 4.79 Å².